The second-order valence-corrected chi connectivity index (χ2v) is 13.2. The average Bonchev–Trinajstić information content (AvgIpc) is 3.44. The zero-order valence-electron chi connectivity index (χ0n) is 23.3. The fourth-order valence-corrected chi connectivity index (χ4v) is 6.32. The van der Waals surface area contributed by atoms with Gasteiger partial charge in [-0.15, -0.1) is 0 Å². The molecule has 0 spiro atoms. The van der Waals surface area contributed by atoms with Crippen LogP contribution in [0.15, 0.2) is 82.7 Å². The Kier molecular flexibility index (Phi) is 5.89. The van der Waals surface area contributed by atoms with Crippen LogP contribution in [-0.2, 0) is 26.4 Å². The minimum absolute atomic E-state index is 0.0820. The van der Waals surface area contributed by atoms with Gasteiger partial charge in [0.25, 0.3) is 15.6 Å². The van der Waals surface area contributed by atoms with Crippen LogP contribution in [0.25, 0.3) is 33.1 Å². The van der Waals surface area contributed by atoms with Crippen molar-refractivity contribution in [3.8, 4) is 11.3 Å². The molecule has 0 radical (unpaired) electrons. The van der Waals surface area contributed by atoms with Gasteiger partial charge in [0.1, 0.15) is 5.52 Å². The number of rotatable bonds is 4. The summed E-state index contributed by atoms with van der Waals surface area (Å²) in [5, 5.41) is 1.43. The molecular weight excluding hydrogens is 525 g/mol. The van der Waals surface area contributed by atoms with Crippen LogP contribution < -0.4 is 11.0 Å². The highest BCUT2D eigenvalue weighted by molar-refractivity contribution is 7.90. The SMILES string of the molecule is Cc1ccc(S(=O)(=O)n2ccc3c(-c4ccc5cc(B6OC(C)(C)C(C)(C)O6)ccc5n4)cn(C)c(=O)c32)cc1. The van der Waals surface area contributed by atoms with E-state index in [0.29, 0.717) is 16.6 Å². The Bertz CT molecular complexity index is 1960. The number of fused-ring (bicyclic) bond motifs is 2. The van der Waals surface area contributed by atoms with Crippen molar-refractivity contribution >= 4 is 44.4 Å². The van der Waals surface area contributed by atoms with Crippen molar-refractivity contribution in [3.63, 3.8) is 0 Å². The fraction of sp³-hybridized carbons (Fsp3) is 0.267. The van der Waals surface area contributed by atoms with E-state index in [2.05, 4.69) is 0 Å². The van der Waals surface area contributed by atoms with Gasteiger partial charge in [0.05, 0.1) is 27.3 Å². The smallest absolute Gasteiger partial charge is 0.399 e. The molecule has 3 aromatic heterocycles. The molecule has 0 atom stereocenters. The lowest BCUT2D eigenvalue weighted by Gasteiger charge is -2.32. The van der Waals surface area contributed by atoms with E-state index in [4.69, 9.17) is 14.3 Å². The highest BCUT2D eigenvalue weighted by Gasteiger charge is 2.51. The van der Waals surface area contributed by atoms with Gasteiger partial charge in [-0.3, -0.25) is 4.79 Å². The van der Waals surface area contributed by atoms with Crippen molar-refractivity contribution in [3.05, 3.63) is 89.0 Å². The number of nitrogens with zero attached hydrogens (tertiary/aromatic N) is 3. The Labute approximate surface area is 233 Å². The Morgan fingerprint density at radius 3 is 2.25 bits per heavy atom. The third kappa shape index (κ3) is 4.09. The maximum atomic E-state index is 13.5. The predicted molar refractivity (Wildman–Crippen MR) is 157 cm³/mol. The third-order valence-electron chi connectivity index (χ3n) is 8.08. The van der Waals surface area contributed by atoms with Crippen molar-refractivity contribution in [2.24, 2.45) is 7.05 Å². The molecule has 204 valence electrons. The Morgan fingerprint density at radius 2 is 1.57 bits per heavy atom. The average molecular weight is 555 g/mol. The lowest BCUT2D eigenvalue weighted by molar-refractivity contribution is 0.00578. The minimum atomic E-state index is -3.98. The van der Waals surface area contributed by atoms with Crippen LogP contribution in [0.5, 0.6) is 0 Å². The Hall–Kier alpha value is -3.73. The minimum Gasteiger partial charge on any atom is -0.399 e. The van der Waals surface area contributed by atoms with E-state index in [9.17, 15) is 13.2 Å². The summed E-state index contributed by atoms with van der Waals surface area (Å²) in [6.07, 6.45) is 3.13. The van der Waals surface area contributed by atoms with Gasteiger partial charge >= 0.3 is 7.12 Å². The van der Waals surface area contributed by atoms with Crippen molar-refractivity contribution in [2.75, 3.05) is 0 Å². The van der Waals surface area contributed by atoms with Gasteiger partial charge < -0.3 is 13.9 Å². The molecule has 0 saturated carbocycles. The maximum absolute atomic E-state index is 13.5. The summed E-state index contributed by atoms with van der Waals surface area (Å²) in [5.74, 6) is 0. The van der Waals surface area contributed by atoms with E-state index >= 15 is 0 Å². The van der Waals surface area contributed by atoms with E-state index in [1.807, 2.05) is 65.0 Å². The Balaban J connectivity index is 1.44. The summed E-state index contributed by atoms with van der Waals surface area (Å²) in [7, 11) is -2.85. The molecule has 0 N–H and O–H groups in total. The summed E-state index contributed by atoms with van der Waals surface area (Å²) in [6, 6.07) is 17.9. The molecule has 1 fully saturated rings. The molecule has 6 rings (SSSR count). The van der Waals surface area contributed by atoms with E-state index < -0.39 is 33.9 Å². The van der Waals surface area contributed by atoms with E-state index in [1.54, 1.807) is 43.6 Å². The molecule has 0 aliphatic carbocycles. The number of pyridine rings is 2. The lowest BCUT2D eigenvalue weighted by Crippen LogP contribution is -2.41. The van der Waals surface area contributed by atoms with Crippen LogP contribution in [0.1, 0.15) is 33.3 Å². The molecule has 1 aliphatic rings. The first-order valence-corrected chi connectivity index (χ1v) is 14.5. The molecule has 2 aromatic carbocycles. The van der Waals surface area contributed by atoms with Gasteiger partial charge in [0.15, 0.2) is 0 Å². The molecule has 4 heterocycles. The molecule has 10 heteroatoms. The second-order valence-electron chi connectivity index (χ2n) is 11.4. The summed E-state index contributed by atoms with van der Waals surface area (Å²) in [6.45, 7) is 9.98. The van der Waals surface area contributed by atoms with E-state index in [-0.39, 0.29) is 10.4 Å². The lowest BCUT2D eigenvalue weighted by atomic mass is 9.78. The van der Waals surface area contributed by atoms with Crippen molar-refractivity contribution in [1.82, 2.24) is 13.5 Å². The monoisotopic (exact) mass is 555 g/mol. The molecule has 0 unspecified atom stereocenters. The molecule has 40 heavy (non-hydrogen) atoms. The zero-order valence-corrected chi connectivity index (χ0v) is 24.1. The quantitative estimate of drug-likeness (QED) is 0.306. The number of aromatic nitrogens is 3. The molecular formula is C30H30BN3O5S. The standard InChI is InChI=1S/C30H30BN3O5S/c1-19-7-11-22(12-8-19)40(36,37)34-16-15-23-24(18-33(6)28(35)27(23)34)26-13-9-20-17-21(10-14-25(20)32-26)31-38-29(2,3)30(4,5)39-31/h7-18H,1-6H3. The summed E-state index contributed by atoms with van der Waals surface area (Å²) in [5.41, 5.74) is 2.69. The second kappa shape index (κ2) is 8.89. The van der Waals surface area contributed by atoms with Crippen molar-refractivity contribution < 1.29 is 17.7 Å². The maximum Gasteiger partial charge on any atom is 0.494 e. The van der Waals surface area contributed by atoms with Gasteiger partial charge in [-0.2, -0.15) is 0 Å². The summed E-state index contributed by atoms with van der Waals surface area (Å²) >= 11 is 0. The third-order valence-corrected chi connectivity index (χ3v) is 9.77. The largest absolute Gasteiger partial charge is 0.494 e. The first-order chi connectivity index (χ1) is 18.8. The zero-order chi connectivity index (χ0) is 28.6. The number of hydrogen-bond acceptors (Lipinski definition) is 6. The van der Waals surface area contributed by atoms with Crippen molar-refractivity contribution in [1.29, 1.82) is 0 Å². The van der Waals surface area contributed by atoms with Gasteiger partial charge in [-0.25, -0.2) is 17.4 Å². The van der Waals surface area contributed by atoms with Gasteiger partial charge in [-0.1, -0.05) is 35.9 Å². The molecule has 8 nitrogen and oxygen atoms in total. The molecule has 5 aromatic rings. The van der Waals surface area contributed by atoms with Gasteiger partial charge in [0.2, 0.25) is 0 Å². The number of aryl methyl sites for hydroxylation is 2. The predicted octanol–water partition coefficient (Wildman–Crippen LogP) is 4.40. The summed E-state index contributed by atoms with van der Waals surface area (Å²) in [4.78, 5) is 18.2. The van der Waals surface area contributed by atoms with Crippen molar-refractivity contribution in [2.45, 2.75) is 50.7 Å². The first-order valence-electron chi connectivity index (χ1n) is 13.1. The normalized spacial score (nSPS) is 16.7. The highest BCUT2D eigenvalue weighted by Crippen LogP contribution is 2.37. The topological polar surface area (TPSA) is 92.4 Å². The van der Waals surface area contributed by atoms with Crippen LogP contribution in [-0.4, -0.2) is 40.3 Å². The molecule has 0 amide bonds. The van der Waals surface area contributed by atoms with Crippen LogP contribution >= 0.6 is 0 Å². The van der Waals surface area contributed by atoms with E-state index in [0.717, 1.165) is 25.9 Å². The Morgan fingerprint density at radius 1 is 0.900 bits per heavy atom. The van der Waals surface area contributed by atoms with Crippen LogP contribution in [0, 0.1) is 6.92 Å². The first kappa shape index (κ1) is 26.5. The van der Waals surface area contributed by atoms with Crippen LogP contribution in [0.3, 0.4) is 0 Å². The number of benzene rings is 2. The number of hydrogen-bond donors (Lipinski definition) is 0. The molecule has 0 bridgehead atoms. The molecule has 1 saturated heterocycles. The van der Waals surface area contributed by atoms with Gasteiger partial charge in [-0.05, 0) is 75.8 Å². The van der Waals surface area contributed by atoms with Gasteiger partial charge in [0, 0.05) is 30.4 Å². The fourth-order valence-electron chi connectivity index (χ4n) is 4.98. The molecule has 1 aliphatic heterocycles. The van der Waals surface area contributed by atoms with Crippen LogP contribution in [0.4, 0.5) is 0 Å². The van der Waals surface area contributed by atoms with Crippen LogP contribution in [0.2, 0.25) is 0 Å². The highest BCUT2D eigenvalue weighted by atomic mass is 32.2. The summed E-state index contributed by atoms with van der Waals surface area (Å²) < 4.78 is 41.9. The van der Waals surface area contributed by atoms with E-state index in [1.165, 1.54) is 10.8 Å².